The van der Waals surface area contributed by atoms with Gasteiger partial charge in [0.15, 0.2) is 11.5 Å². The molecule has 0 spiro atoms. The summed E-state index contributed by atoms with van der Waals surface area (Å²) in [5.74, 6) is 0.235. The zero-order chi connectivity index (χ0) is 48.0. The molecule has 0 unspecified atom stereocenters. The molecule has 10 heteroatoms. The van der Waals surface area contributed by atoms with Crippen molar-refractivity contribution in [2.45, 2.75) is 142 Å². The van der Waals surface area contributed by atoms with Gasteiger partial charge in [-0.3, -0.25) is 9.98 Å². The summed E-state index contributed by atoms with van der Waals surface area (Å²) in [6, 6.07) is 29.8. The number of ether oxygens (including phenoxy) is 4. The first-order valence-electron chi connectivity index (χ1n) is 25.1. The van der Waals surface area contributed by atoms with Crippen LogP contribution in [0.25, 0.3) is 0 Å². The lowest BCUT2D eigenvalue weighted by atomic mass is 10.1. The van der Waals surface area contributed by atoms with Crippen molar-refractivity contribution < 1.29 is 38.7 Å². The van der Waals surface area contributed by atoms with E-state index in [1.807, 2.05) is 12.1 Å². The molecule has 0 amide bonds. The average Bonchev–Trinajstić information content (AvgIpc) is 3.35. The summed E-state index contributed by atoms with van der Waals surface area (Å²) in [7, 11) is 0. The fourth-order valence-electron chi connectivity index (χ4n) is 7.60. The van der Waals surface area contributed by atoms with E-state index in [0.717, 1.165) is 25.7 Å². The molecule has 2 N–H and O–H groups in total. The molecular formula is C58H72N2O8. The molecule has 0 aliphatic carbocycles. The van der Waals surface area contributed by atoms with Gasteiger partial charge in [-0.15, -0.1) is 0 Å². The van der Waals surface area contributed by atoms with Gasteiger partial charge in [-0.1, -0.05) is 142 Å². The smallest absolute Gasteiger partial charge is 0.343 e. The van der Waals surface area contributed by atoms with Crippen LogP contribution in [0.2, 0.25) is 0 Å². The fraction of sp³-hybridized carbons (Fsp3) is 0.414. The number of phenolic OH excluding ortho intramolecular Hbond substituents is 2. The maximum absolute atomic E-state index is 13.2. The minimum absolute atomic E-state index is 0.0649. The molecule has 0 saturated heterocycles. The van der Waals surface area contributed by atoms with Crippen LogP contribution >= 0.6 is 0 Å². The first kappa shape index (κ1) is 52.5. The minimum Gasteiger partial charge on any atom is -0.507 e. The van der Waals surface area contributed by atoms with E-state index in [1.54, 1.807) is 109 Å². The van der Waals surface area contributed by atoms with Gasteiger partial charge in [0.1, 0.15) is 23.0 Å². The van der Waals surface area contributed by atoms with E-state index in [4.69, 9.17) is 18.9 Å². The number of phenols is 2. The average molecular weight is 925 g/mol. The highest BCUT2D eigenvalue weighted by Gasteiger charge is 2.16. The Morgan fingerprint density at radius 3 is 1.12 bits per heavy atom. The molecule has 10 nitrogen and oxygen atoms in total. The summed E-state index contributed by atoms with van der Waals surface area (Å²) in [5, 5.41) is 21.2. The molecule has 0 aliphatic rings. The van der Waals surface area contributed by atoms with Crippen LogP contribution < -0.4 is 18.9 Å². The molecule has 0 heterocycles. The number of para-hydroxylation sites is 2. The Morgan fingerprint density at radius 2 is 0.779 bits per heavy atom. The monoisotopic (exact) mass is 925 g/mol. The Hall–Kier alpha value is -6.42. The van der Waals surface area contributed by atoms with E-state index in [2.05, 4.69) is 23.8 Å². The van der Waals surface area contributed by atoms with Crippen molar-refractivity contribution in [2.75, 3.05) is 13.2 Å². The van der Waals surface area contributed by atoms with Crippen LogP contribution in [-0.2, 0) is 0 Å². The maximum Gasteiger partial charge on any atom is 0.343 e. The Kier molecular flexibility index (Phi) is 23.8. The summed E-state index contributed by atoms with van der Waals surface area (Å²) in [6.45, 7) is 5.72. The Bertz CT molecular complexity index is 2140. The van der Waals surface area contributed by atoms with Crippen molar-refractivity contribution in [1.82, 2.24) is 0 Å². The molecular weight excluding hydrogens is 853 g/mol. The summed E-state index contributed by atoms with van der Waals surface area (Å²) in [6.07, 6.45) is 28.3. The molecule has 0 aliphatic heterocycles. The minimum atomic E-state index is -0.644. The second-order valence-electron chi connectivity index (χ2n) is 17.3. The SMILES string of the molecule is CCCCCCCCCCCCOc1ccc(C=Nc2ccc(C(=O)Oc3ccccc3OC(=O)c3ccc(N=Cc4ccc(OCCCCCCCCCCCC)cc4O)cc3)cc2)c(O)c1. The van der Waals surface area contributed by atoms with E-state index in [0.29, 0.717) is 47.2 Å². The lowest BCUT2D eigenvalue weighted by Gasteiger charge is -2.11. The molecule has 362 valence electrons. The van der Waals surface area contributed by atoms with Crippen molar-refractivity contribution in [3.8, 4) is 34.5 Å². The van der Waals surface area contributed by atoms with Crippen molar-refractivity contribution in [3.63, 3.8) is 0 Å². The van der Waals surface area contributed by atoms with Gasteiger partial charge in [-0.05, 0) is 97.8 Å². The first-order valence-corrected chi connectivity index (χ1v) is 25.1. The van der Waals surface area contributed by atoms with Crippen LogP contribution in [0.15, 0.2) is 119 Å². The van der Waals surface area contributed by atoms with Gasteiger partial charge in [0.25, 0.3) is 0 Å². The molecule has 0 fully saturated rings. The van der Waals surface area contributed by atoms with Crippen LogP contribution in [0, 0.1) is 0 Å². The van der Waals surface area contributed by atoms with E-state index in [9.17, 15) is 19.8 Å². The number of unbranched alkanes of at least 4 members (excludes halogenated alkanes) is 18. The van der Waals surface area contributed by atoms with Crippen molar-refractivity contribution >= 4 is 35.7 Å². The highest BCUT2D eigenvalue weighted by Crippen LogP contribution is 2.30. The third kappa shape index (κ3) is 19.4. The lowest BCUT2D eigenvalue weighted by Crippen LogP contribution is -2.12. The summed E-state index contributed by atoms with van der Waals surface area (Å²) >= 11 is 0. The third-order valence-electron chi connectivity index (χ3n) is 11.7. The zero-order valence-corrected chi connectivity index (χ0v) is 40.3. The van der Waals surface area contributed by atoms with Crippen LogP contribution in [0.1, 0.15) is 174 Å². The van der Waals surface area contributed by atoms with Crippen LogP contribution in [0.3, 0.4) is 0 Å². The normalized spacial score (nSPS) is 11.3. The van der Waals surface area contributed by atoms with Crippen LogP contribution in [0.4, 0.5) is 11.4 Å². The molecule has 5 rings (SSSR count). The van der Waals surface area contributed by atoms with Gasteiger partial charge in [-0.25, -0.2) is 9.59 Å². The Labute approximate surface area is 404 Å². The maximum atomic E-state index is 13.2. The molecule has 0 bridgehead atoms. The predicted molar refractivity (Wildman–Crippen MR) is 275 cm³/mol. The summed E-state index contributed by atoms with van der Waals surface area (Å²) in [5.41, 5.74) is 2.75. The Morgan fingerprint density at radius 1 is 0.441 bits per heavy atom. The van der Waals surface area contributed by atoms with E-state index >= 15 is 0 Å². The van der Waals surface area contributed by atoms with Crippen molar-refractivity contribution in [1.29, 1.82) is 0 Å². The molecule has 0 radical (unpaired) electrons. The number of benzene rings is 5. The van der Waals surface area contributed by atoms with Gasteiger partial charge >= 0.3 is 11.9 Å². The second kappa shape index (κ2) is 30.8. The lowest BCUT2D eigenvalue weighted by molar-refractivity contribution is 0.0682. The quantitative estimate of drug-likeness (QED) is 0.0188. The summed E-state index contributed by atoms with van der Waals surface area (Å²) < 4.78 is 23.0. The zero-order valence-electron chi connectivity index (χ0n) is 40.3. The molecule has 5 aromatic carbocycles. The molecule has 0 atom stereocenters. The van der Waals surface area contributed by atoms with Gasteiger partial charge in [0, 0.05) is 35.7 Å². The number of rotatable bonds is 32. The van der Waals surface area contributed by atoms with Crippen LogP contribution in [-0.4, -0.2) is 47.8 Å². The highest BCUT2D eigenvalue weighted by atomic mass is 16.6. The standard InChI is InChI=1S/C58H72N2O8/c1-3-5-7-9-11-13-15-17-19-23-39-65-51-37-31-47(53(61)41-51)43-59-49-33-27-45(28-34-49)57(63)67-55-25-21-22-26-56(55)68-58(64)46-29-35-50(36-30-46)60-44-48-32-38-52(42-54(48)62)66-40-24-20-18-16-14-12-10-8-6-4-2/h21-22,25-38,41-44,61-62H,3-20,23-24,39-40H2,1-2H3. The topological polar surface area (TPSA) is 136 Å². The first-order chi connectivity index (χ1) is 33.3. The number of carbonyl (C=O) groups is 2. The number of aromatic hydroxyl groups is 2. The van der Waals surface area contributed by atoms with Gasteiger partial charge in [0.05, 0.1) is 35.7 Å². The van der Waals surface area contributed by atoms with Gasteiger partial charge < -0.3 is 29.2 Å². The number of nitrogens with zero attached hydrogens (tertiary/aromatic N) is 2. The number of hydrogen-bond donors (Lipinski definition) is 2. The second-order valence-corrected chi connectivity index (χ2v) is 17.3. The van der Waals surface area contributed by atoms with Crippen molar-refractivity contribution in [2.24, 2.45) is 9.98 Å². The largest absolute Gasteiger partial charge is 0.507 e. The fourth-order valence-corrected chi connectivity index (χ4v) is 7.60. The molecule has 0 aromatic heterocycles. The number of carbonyl (C=O) groups excluding carboxylic acids is 2. The van der Waals surface area contributed by atoms with E-state index in [1.165, 1.54) is 103 Å². The van der Waals surface area contributed by atoms with E-state index in [-0.39, 0.29) is 34.1 Å². The molecule has 68 heavy (non-hydrogen) atoms. The Balaban J connectivity index is 1.02. The molecule has 5 aromatic rings. The van der Waals surface area contributed by atoms with Crippen molar-refractivity contribution in [3.05, 3.63) is 131 Å². The highest BCUT2D eigenvalue weighted by molar-refractivity contribution is 5.94. The predicted octanol–water partition coefficient (Wildman–Crippen LogP) is 15.6. The number of esters is 2. The number of aliphatic imine (C=N–C) groups is 2. The van der Waals surface area contributed by atoms with Crippen LogP contribution in [0.5, 0.6) is 34.5 Å². The van der Waals surface area contributed by atoms with E-state index < -0.39 is 11.9 Å². The molecule has 0 saturated carbocycles. The van der Waals surface area contributed by atoms with Gasteiger partial charge in [-0.2, -0.15) is 0 Å². The summed E-state index contributed by atoms with van der Waals surface area (Å²) in [4.78, 5) is 35.2. The van der Waals surface area contributed by atoms with Gasteiger partial charge in [0.2, 0.25) is 0 Å². The third-order valence-corrected chi connectivity index (χ3v) is 11.7. The number of hydrogen-bond acceptors (Lipinski definition) is 10.